The molecular weight excluding hydrogens is 1300 g/mol. The molecule has 0 saturated carbocycles. The molecule has 0 aromatic carbocycles. The summed E-state index contributed by atoms with van der Waals surface area (Å²) in [5.41, 5.74) is -0.403. The highest BCUT2D eigenvalue weighted by atomic mass is 79.9. The number of nitrogens with one attached hydrogen (secondary N) is 2. The Bertz CT molecular complexity index is 3650. The minimum Gasteiger partial charge on any atom is -0.481 e. The van der Waals surface area contributed by atoms with E-state index in [1.54, 1.807) is 39.8 Å². The number of hydrogen-bond acceptors (Lipinski definition) is 17. The Kier molecular flexibility index (Phi) is 32.5. The Morgan fingerprint density at radius 2 is 1.23 bits per heavy atom. The molecule has 0 unspecified atom stereocenters. The molecule has 466 valence electrons. The molecule has 0 spiro atoms. The van der Waals surface area contributed by atoms with Gasteiger partial charge in [-0.3, -0.25) is 58.3 Å². The molecule has 19 nitrogen and oxygen atoms in total. The molecule has 87 heavy (non-hydrogen) atoms. The topological polar surface area (TPSA) is 304 Å². The molecule has 7 rings (SSSR count). The average Bonchev–Trinajstić information content (AvgIpc) is 1.38. The number of aromatic nitrogens is 8. The van der Waals surface area contributed by atoms with E-state index >= 15 is 0 Å². The first-order chi connectivity index (χ1) is 40.5. The molecule has 0 fully saturated rings. The molecule has 6 aromatic heterocycles. The van der Waals surface area contributed by atoms with Crippen LogP contribution >= 0.6 is 55.8 Å². The zero-order valence-corrected chi connectivity index (χ0v) is 55.2. The number of carboxylic acids is 1. The van der Waals surface area contributed by atoms with Gasteiger partial charge >= 0.3 is 11.9 Å². The predicted octanol–water partition coefficient (Wildman–Crippen LogP) is 13.0. The largest absolute Gasteiger partial charge is 0.481 e. The number of alkyl halides is 2. The number of pyridine rings is 4. The summed E-state index contributed by atoms with van der Waals surface area (Å²) in [6.45, 7) is 24.4. The first-order valence-electron chi connectivity index (χ1n) is 26.3. The molecule has 7 heterocycles. The Hall–Kier alpha value is -7.64. The van der Waals surface area contributed by atoms with Gasteiger partial charge in [0.2, 0.25) is 0 Å². The number of halogens is 6. The highest BCUT2D eigenvalue weighted by Gasteiger charge is 2.26. The average molecular weight is 1370 g/mol. The van der Waals surface area contributed by atoms with E-state index < -0.39 is 57.0 Å². The summed E-state index contributed by atoms with van der Waals surface area (Å²) in [5, 5.41) is 37.4. The lowest BCUT2D eigenvalue weighted by Crippen LogP contribution is -2.29. The van der Waals surface area contributed by atoms with Crippen LogP contribution in [0.15, 0.2) is 70.0 Å². The maximum atomic E-state index is 14.4. The van der Waals surface area contributed by atoms with Crippen LogP contribution in [-0.4, -0.2) is 92.1 Å². The smallest absolute Gasteiger partial charge is 0.320 e. The lowest BCUT2D eigenvalue weighted by atomic mass is 9.90. The van der Waals surface area contributed by atoms with Gasteiger partial charge in [0.05, 0.1) is 52.8 Å². The fourth-order valence-electron chi connectivity index (χ4n) is 6.48. The Balaban J connectivity index is 0.000000544. The van der Waals surface area contributed by atoms with Crippen LogP contribution in [0.1, 0.15) is 158 Å². The molecule has 1 aliphatic rings. The number of carboxylic acid groups (broad SMARTS) is 1. The molecule has 0 saturated heterocycles. The number of H-pyrrole nitrogens is 2. The van der Waals surface area contributed by atoms with Gasteiger partial charge in [-0.25, -0.2) is 22.5 Å². The normalized spacial score (nSPS) is 11.3. The van der Waals surface area contributed by atoms with Gasteiger partial charge in [0.15, 0.2) is 22.5 Å². The Morgan fingerprint density at radius 3 is 1.63 bits per heavy atom. The van der Waals surface area contributed by atoms with Crippen LogP contribution in [0, 0.1) is 67.4 Å². The van der Waals surface area contributed by atoms with Crippen molar-refractivity contribution in [1.82, 2.24) is 39.5 Å². The number of carbonyl (C=O) groups excluding carboxylic acids is 3. The van der Waals surface area contributed by atoms with Crippen LogP contribution < -0.4 is 11.1 Å². The second-order valence-electron chi connectivity index (χ2n) is 22.2. The molecule has 0 amide bonds. The summed E-state index contributed by atoms with van der Waals surface area (Å²) < 4.78 is 60.1. The highest BCUT2D eigenvalue weighted by molar-refractivity contribution is 9.09. The van der Waals surface area contributed by atoms with E-state index in [4.69, 9.17) is 27.8 Å². The van der Waals surface area contributed by atoms with E-state index in [1.807, 2.05) is 68.4 Å². The Labute approximate surface area is 528 Å². The molecule has 0 radical (unpaired) electrons. The van der Waals surface area contributed by atoms with E-state index in [0.717, 1.165) is 35.1 Å². The van der Waals surface area contributed by atoms with Crippen molar-refractivity contribution >= 4 is 80.4 Å². The van der Waals surface area contributed by atoms with E-state index in [-0.39, 0.29) is 55.8 Å². The molecule has 0 bridgehead atoms. The number of hydrogen-bond donors (Lipinski definition) is 3. The minimum atomic E-state index is -0.757. The summed E-state index contributed by atoms with van der Waals surface area (Å²) in [7, 11) is 0. The van der Waals surface area contributed by atoms with Crippen molar-refractivity contribution < 1.29 is 46.6 Å². The molecule has 0 aliphatic carbocycles. The quantitative estimate of drug-likeness (QED) is 0.0318. The fraction of sp³-hybridized carbons (Fsp3) is 0.417. The second-order valence-corrected chi connectivity index (χ2v) is 25.3. The minimum absolute atomic E-state index is 0.0639. The molecule has 3 N–H and O–H groups in total. The van der Waals surface area contributed by atoms with Gasteiger partial charge in [0.25, 0.3) is 11.1 Å². The van der Waals surface area contributed by atoms with E-state index in [2.05, 4.69) is 71.5 Å². The van der Waals surface area contributed by atoms with Crippen molar-refractivity contribution in [3.8, 4) is 40.7 Å². The number of ether oxygens (including phenoxy) is 1. The number of nitrogens with zero attached hydrogens (tertiary/aromatic N) is 9. The van der Waals surface area contributed by atoms with E-state index in [9.17, 15) is 51.6 Å². The van der Waals surface area contributed by atoms with Gasteiger partial charge in [-0.2, -0.15) is 15.8 Å². The van der Waals surface area contributed by atoms with Crippen LogP contribution in [0.5, 0.6) is 0 Å². The zero-order valence-electron chi connectivity index (χ0n) is 50.4. The molecule has 6 aromatic rings. The molecule has 1 aliphatic heterocycles. The zero-order chi connectivity index (χ0) is 66.6. The van der Waals surface area contributed by atoms with E-state index in [0.29, 0.717) is 59.1 Å². The number of esters is 1. The van der Waals surface area contributed by atoms with Crippen molar-refractivity contribution in [1.29, 1.82) is 15.8 Å². The lowest BCUT2D eigenvalue weighted by Gasteiger charge is -2.20. The molecule has 27 heteroatoms. The number of carbonyl (C=O) groups is 4. The van der Waals surface area contributed by atoms with E-state index in [1.165, 1.54) is 65.7 Å². The first-order valence-corrected chi connectivity index (χ1v) is 30.0. The first kappa shape index (κ1) is 77.4. The van der Waals surface area contributed by atoms with Crippen LogP contribution in [0.3, 0.4) is 0 Å². The molecule has 0 atom stereocenters. The monoisotopic (exact) mass is 1370 g/mol. The Morgan fingerprint density at radius 1 is 0.747 bits per heavy atom. The van der Waals surface area contributed by atoms with Crippen molar-refractivity contribution in [2.45, 2.75) is 137 Å². The van der Waals surface area contributed by atoms with Crippen molar-refractivity contribution in [2.75, 3.05) is 23.0 Å². The van der Waals surface area contributed by atoms with Crippen molar-refractivity contribution in [2.24, 2.45) is 5.41 Å². The second kappa shape index (κ2) is 36.5. The summed E-state index contributed by atoms with van der Waals surface area (Å²) in [5.74, 6) is -2.20. The third-order valence-corrected chi connectivity index (χ3v) is 13.1. The van der Waals surface area contributed by atoms with Gasteiger partial charge < -0.3 is 14.8 Å². The number of aldehydes is 2. The highest BCUT2D eigenvalue weighted by Crippen LogP contribution is 2.31. The lowest BCUT2D eigenvalue weighted by molar-refractivity contribution is -0.146. The van der Waals surface area contributed by atoms with Crippen LogP contribution in [0.4, 0.5) is 17.6 Å². The maximum absolute atomic E-state index is 14.4. The summed E-state index contributed by atoms with van der Waals surface area (Å²) in [6.07, 6.45) is 9.72. The van der Waals surface area contributed by atoms with Gasteiger partial charge in [0, 0.05) is 86.2 Å². The number of aliphatic carboxylic acids is 1. The summed E-state index contributed by atoms with van der Waals surface area (Å²) >= 11 is 12.9. The third-order valence-electron chi connectivity index (χ3n) is 10.7. The maximum Gasteiger partial charge on any atom is 0.320 e. The summed E-state index contributed by atoms with van der Waals surface area (Å²) in [6, 6.07) is 10.3. The van der Waals surface area contributed by atoms with Gasteiger partial charge in [-0.05, 0) is 77.0 Å². The number of nitriles is 3. The van der Waals surface area contributed by atoms with Gasteiger partial charge in [-0.15, -0.1) is 0 Å². The summed E-state index contributed by atoms with van der Waals surface area (Å²) in [4.78, 5) is 89.8. The SMILES string of the molecule is BrCCCBr.CC(C)(C)C(=O)O.CC(C)(C)c1ncc(-c2[nH]c(=S)[nH]c(=O)c2C#N)cc1F.CC(C)(C)c1ncc(-c2nc3n(c(=O)c2C#N)CCCS3)cc1F.CC(C)(C)c1ncc(C=O)cc1F.CCOC(=O)CC#N.O=Cc1cncc(F)c1. The number of thioether (sulfide) groups is 1. The fourth-order valence-corrected chi connectivity index (χ4v) is 8.93. The van der Waals surface area contributed by atoms with Crippen molar-refractivity contribution in [3.63, 3.8) is 0 Å². The standard InChI is InChI=1S/C17H17FN4OS.C14H13FN4OS.C10H12FNO.C6H4FNO.C5H7NO2.C5H10O2.C3H6Br2/c1-17(2,3)14-12(18)7-10(9-20-14)13-11(8-19)15(23)22-5-4-6-24-16(22)21-13;1-14(2,3)11-9(15)4-7(6-17-11)10-8(5-16)12(20)19-13(21)18-10;1-10(2,3)9-8(11)4-7(6-13)5-12-9;7-6-1-5(4-9)2-8-3-6;1-2-8-5(7)3-4-6;1-5(2,3)4(6)7;4-2-1-3-5/h7,9H,4-6H2,1-3H3;4,6H,1-3H3,(H2,18,19,20,21);4-6H,1-3H3;1-4H;2-3H2,1H3;1-3H3,(H,6,7);1-3H2. The van der Waals surface area contributed by atoms with Crippen LogP contribution in [0.2, 0.25) is 0 Å². The van der Waals surface area contributed by atoms with Crippen LogP contribution in [0.25, 0.3) is 22.5 Å². The molecular formula is C60H69Br2F4N11O8S2. The number of fused-ring (bicyclic) bond motifs is 1. The van der Waals surface area contributed by atoms with Gasteiger partial charge in [-0.1, -0.05) is 106 Å². The third kappa shape index (κ3) is 26.1. The van der Waals surface area contributed by atoms with Crippen molar-refractivity contribution in [3.05, 3.63) is 143 Å². The van der Waals surface area contributed by atoms with Gasteiger partial charge in [0.1, 0.15) is 53.0 Å². The number of aromatic amines is 2. The number of rotatable bonds is 8. The predicted molar refractivity (Wildman–Crippen MR) is 333 cm³/mol. The van der Waals surface area contributed by atoms with Crippen LogP contribution in [-0.2, 0) is 37.1 Å².